The van der Waals surface area contributed by atoms with Crippen molar-refractivity contribution in [3.63, 3.8) is 0 Å². The van der Waals surface area contributed by atoms with Gasteiger partial charge in [0.15, 0.2) is 0 Å². The summed E-state index contributed by atoms with van der Waals surface area (Å²) in [5.41, 5.74) is 0.807. The first-order chi connectivity index (χ1) is 11.0. The van der Waals surface area contributed by atoms with Crippen molar-refractivity contribution in [2.45, 2.75) is 49.2 Å². The molecule has 3 heterocycles. The minimum absolute atomic E-state index is 0.0576. The number of hydrogen-bond donors (Lipinski definition) is 1. The minimum atomic E-state index is -0.593. The molecule has 2 bridgehead atoms. The Morgan fingerprint density at radius 1 is 1.26 bits per heavy atom. The number of piperidine rings is 1. The smallest absolute Gasteiger partial charge is 0.316 e. The number of epoxide rings is 1. The van der Waals surface area contributed by atoms with Crippen molar-refractivity contribution in [1.29, 1.82) is 0 Å². The number of rotatable bonds is 4. The number of morpholine rings is 1. The van der Waals surface area contributed by atoms with E-state index in [1.165, 1.54) is 0 Å². The van der Waals surface area contributed by atoms with Crippen LogP contribution >= 0.6 is 0 Å². The van der Waals surface area contributed by atoms with E-state index >= 15 is 0 Å². The van der Waals surface area contributed by atoms with Gasteiger partial charge in [0.25, 0.3) is 0 Å². The van der Waals surface area contributed by atoms with Gasteiger partial charge >= 0.3 is 5.97 Å². The monoisotopic (exact) mass is 318 g/mol. The first kappa shape index (κ1) is 15.1. The van der Waals surface area contributed by atoms with Crippen LogP contribution in [0.2, 0.25) is 0 Å². The van der Waals surface area contributed by atoms with Gasteiger partial charge in [0, 0.05) is 12.8 Å². The van der Waals surface area contributed by atoms with Gasteiger partial charge in [-0.05, 0) is 5.56 Å². The molecular formula is C18H24NO4+. The molecule has 3 fully saturated rings. The number of aliphatic hydroxyl groups excluding tert-OH is 1. The maximum Gasteiger partial charge on any atom is 0.316 e. The number of benzene rings is 1. The van der Waals surface area contributed by atoms with Gasteiger partial charge in [0.1, 0.15) is 36.3 Å². The third-order valence-electron chi connectivity index (χ3n) is 5.99. The second-order valence-corrected chi connectivity index (χ2v) is 7.51. The Morgan fingerprint density at radius 2 is 1.87 bits per heavy atom. The quantitative estimate of drug-likeness (QED) is 0.512. The normalized spacial score (nSPS) is 37.8. The molecule has 1 N–H and O–H groups in total. The number of carbonyl (C=O) groups excluding carboxylic acids is 1. The number of fused-ring (bicyclic) bond motifs is 5. The van der Waals surface area contributed by atoms with Crippen LogP contribution in [0.15, 0.2) is 30.3 Å². The SMILES string of the molecule is C[N+]1(C)[C@@H]2CC(OC(=O)[C@@H](CO)c3ccccc3)C[C@H]1[C@@H]1O[C@H]12. The topological polar surface area (TPSA) is 59.1 Å². The molecule has 1 unspecified atom stereocenters. The Morgan fingerprint density at radius 3 is 2.43 bits per heavy atom. The Balaban J connectivity index is 1.44. The zero-order valence-corrected chi connectivity index (χ0v) is 13.6. The van der Waals surface area contributed by atoms with Crippen molar-refractivity contribution in [2.75, 3.05) is 20.7 Å². The number of ether oxygens (including phenoxy) is 2. The third-order valence-corrected chi connectivity index (χ3v) is 5.99. The summed E-state index contributed by atoms with van der Waals surface area (Å²) in [6.07, 6.45) is 2.34. The minimum Gasteiger partial charge on any atom is -0.461 e. The van der Waals surface area contributed by atoms with E-state index in [4.69, 9.17) is 9.47 Å². The number of aliphatic hydroxyl groups is 1. The number of likely N-dealkylation sites (N-methyl/N-ethyl adjacent to an activating group) is 1. The van der Waals surface area contributed by atoms with E-state index in [-0.39, 0.29) is 18.7 Å². The van der Waals surface area contributed by atoms with E-state index in [0.29, 0.717) is 24.3 Å². The molecule has 3 aliphatic heterocycles. The predicted molar refractivity (Wildman–Crippen MR) is 83.7 cm³/mol. The molecule has 0 aromatic heterocycles. The highest BCUT2D eigenvalue weighted by Gasteiger charge is 2.70. The Kier molecular flexibility index (Phi) is 3.48. The van der Waals surface area contributed by atoms with Crippen molar-refractivity contribution in [1.82, 2.24) is 0 Å². The number of nitrogens with zero attached hydrogens (tertiary/aromatic N) is 1. The number of hydrogen-bond acceptors (Lipinski definition) is 4. The van der Waals surface area contributed by atoms with Gasteiger partial charge in [-0.1, -0.05) is 30.3 Å². The largest absolute Gasteiger partial charge is 0.461 e. The van der Waals surface area contributed by atoms with Crippen molar-refractivity contribution in [2.24, 2.45) is 0 Å². The zero-order valence-electron chi connectivity index (χ0n) is 13.6. The molecule has 5 heteroatoms. The first-order valence-electron chi connectivity index (χ1n) is 8.37. The molecule has 5 nitrogen and oxygen atoms in total. The van der Waals surface area contributed by atoms with Crippen molar-refractivity contribution < 1.29 is 23.9 Å². The fraction of sp³-hybridized carbons (Fsp3) is 0.611. The molecule has 1 aromatic rings. The van der Waals surface area contributed by atoms with Crippen LogP contribution in [0.5, 0.6) is 0 Å². The molecule has 4 rings (SSSR count). The van der Waals surface area contributed by atoms with Crippen molar-refractivity contribution in [3.8, 4) is 0 Å². The molecule has 6 atom stereocenters. The fourth-order valence-corrected chi connectivity index (χ4v) is 4.55. The van der Waals surface area contributed by atoms with Crippen LogP contribution in [0.25, 0.3) is 0 Å². The van der Waals surface area contributed by atoms with Gasteiger partial charge in [-0.2, -0.15) is 0 Å². The lowest BCUT2D eigenvalue weighted by Crippen LogP contribution is -2.60. The molecule has 0 saturated carbocycles. The van der Waals surface area contributed by atoms with Crippen molar-refractivity contribution in [3.05, 3.63) is 35.9 Å². The van der Waals surface area contributed by atoms with Gasteiger partial charge in [0.2, 0.25) is 0 Å². The Hall–Kier alpha value is -1.43. The lowest BCUT2D eigenvalue weighted by atomic mass is 9.95. The Bertz CT molecular complexity index is 582. The molecule has 0 aliphatic carbocycles. The average Bonchev–Trinajstić information content (AvgIpc) is 3.27. The van der Waals surface area contributed by atoms with E-state index in [0.717, 1.165) is 22.9 Å². The van der Waals surface area contributed by atoms with Crippen molar-refractivity contribution >= 4 is 5.97 Å². The summed E-state index contributed by atoms with van der Waals surface area (Å²) in [6, 6.07) is 10.2. The van der Waals surface area contributed by atoms with Crippen LogP contribution in [0.3, 0.4) is 0 Å². The summed E-state index contributed by atoms with van der Waals surface area (Å²) in [5, 5.41) is 9.60. The summed E-state index contributed by atoms with van der Waals surface area (Å²) in [4.78, 5) is 12.5. The molecule has 0 amide bonds. The highest BCUT2D eigenvalue weighted by molar-refractivity contribution is 5.78. The van der Waals surface area contributed by atoms with E-state index in [1.54, 1.807) is 0 Å². The number of esters is 1. The summed E-state index contributed by atoms with van der Waals surface area (Å²) in [6.45, 7) is -0.224. The molecular weight excluding hydrogens is 294 g/mol. The second-order valence-electron chi connectivity index (χ2n) is 7.51. The Labute approximate surface area is 136 Å². The predicted octanol–water partition coefficient (Wildman–Crippen LogP) is 1.06. The molecule has 1 aromatic carbocycles. The van der Waals surface area contributed by atoms with E-state index < -0.39 is 5.92 Å². The van der Waals surface area contributed by atoms with Crippen LogP contribution in [0, 0.1) is 0 Å². The van der Waals surface area contributed by atoms with Gasteiger partial charge in [-0.25, -0.2) is 0 Å². The molecule has 124 valence electrons. The second kappa shape index (κ2) is 5.30. The number of quaternary nitrogens is 1. The average molecular weight is 318 g/mol. The van der Waals surface area contributed by atoms with Gasteiger partial charge < -0.3 is 19.1 Å². The van der Waals surface area contributed by atoms with Gasteiger partial charge in [0.05, 0.1) is 20.7 Å². The van der Waals surface area contributed by atoms with Crippen LogP contribution in [0.4, 0.5) is 0 Å². The van der Waals surface area contributed by atoms with Gasteiger partial charge in [-0.3, -0.25) is 4.79 Å². The maximum absolute atomic E-state index is 12.5. The summed E-state index contributed by atoms with van der Waals surface area (Å²) in [5.74, 6) is -0.908. The zero-order chi connectivity index (χ0) is 16.2. The first-order valence-corrected chi connectivity index (χ1v) is 8.37. The van der Waals surface area contributed by atoms with Gasteiger partial charge in [-0.15, -0.1) is 0 Å². The molecule has 0 radical (unpaired) electrons. The molecule has 3 aliphatic rings. The summed E-state index contributed by atoms with van der Waals surface area (Å²) in [7, 11) is 4.51. The fourth-order valence-electron chi connectivity index (χ4n) is 4.55. The highest BCUT2D eigenvalue weighted by Crippen LogP contribution is 2.51. The van der Waals surface area contributed by atoms with Crippen LogP contribution in [-0.2, 0) is 14.3 Å². The van der Waals surface area contributed by atoms with Crippen LogP contribution in [0.1, 0.15) is 24.3 Å². The third kappa shape index (κ3) is 2.38. The van der Waals surface area contributed by atoms with Crippen LogP contribution < -0.4 is 0 Å². The number of carbonyl (C=O) groups is 1. The lowest BCUT2D eigenvalue weighted by molar-refractivity contribution is -0.938. The molecule has 23 heavy (non-hydrogen) atoms. The lowest BCUT2D eigenvalue weighted by Gasteiger charge is -2.45. The standard InChI is InChI=1S/C18H24NO4/c1-19(2)14-8-12(9-15(19)17-16(14)23-17)22-18(21)13(10-20)11-6-4-3-5-7-11/h3-7,12-17,20H,8-10H2,1-2H3/q+1/t12?,13-,14-,15+,16-,17-/m0/s1. The van der Waals surface area contributed by atoms with E-state index in [9.17, 15) is 9.90 Å². The highest BCUT2D eigenvalue weighted by atomic mass is 16.6. The maximum atomic E-state index is 12.5. The molecule has 3 saturated heterocycles. The summed E-state index contributed by atoms with van der Waals surface area (Å²) >= 11 is 0. The van der Waals surface area contributed by atoms with E-state index in [1.807, 2.05) is 30.3 Å². The van der Waals surface area contributed by atoms with E-state index in [2.05, 4.69) is 14.1 Å². The molecule has 0 spiro atoms. The van der Waals surface area contributed by atoms with Crippen LogP contribution in [-0.4, -0.2) is 66.7 Å². The summed E-state index contributed by atoms with van der Waals surface area (Å²) < 4.78 is 12.5.